The Kier molecular flexibility index (Phi) is 7.98. The molecule has 0 saturated carbocycles. The fourth-order valence-corrected chi connectivity index (χ4v) is 3.07. The van der Waals surface area contributed by atoms with E-state index in [0.29, 0.717) is 12.8 Å². The number of hydrogen-bond donors (Lipinski definition) is 4. The van der Waals surface area contributed by atoms with Crippen LogP contribution in [0.15, 0.2) is 54.7 Å². The zero-order valence-corrected chi connectivity index (χ0v) is 17.1. The van der Waals surface area contributed by atoms with Crippen LogP contribution < -0.4 is 16.4 Å². The first kappa shape index (κ1) is 22.2. The highest BCUT2D eigenvalue weighted by molar-refractivity contribution is 5.89. The summed E-state index contributed by atoms with van der Waals surface area (Å²) in [6.07, 6.45) is 4.47. The molecule has 5 N–H and O–H groups in total. The van der Waals surface area contributed by atoms with Crippen molar-refractivity contribution in [1.82, 2.24) is 10.6 Å². The topological polar surface area (TPSA) is 104 Å². The molecule has 0 aliphatic carbocycles. The van der Waals surface area contributed by atoms with Gasteiger partial charge in [0.25, 0.3) is 0 Å². The molecule has 0 aliphatic rings. The Hall–Kier alpha value is -3.12. The summed E-state index contributed by atoms with van der Waals surface area (Å²) in [5.74, 6) is -0.521. The van der Waals surface area contributed by atoms with E-state index in [2.05, 4.69) is 10.6 Å². The molecular weight excluding hydrogens is 366 g/mol. The van der Waals surface area contributed by atoms with E-state index in [9.17, 15) is 14.7 Å². The molecule has 0 aliphatic heterocycles. The predicted molar refractivity (Wildman–Crippen MR) is 114 cm³/mol. The number of amides is 2. The van der Waals surface area contributed by atoms with Crippen LogP contribution in [0.4, 0.5) is 0 Å². The average molecular weight is 396 g/mol. The molecule has 0 heterocycles. The van der Waals surface area contributed by atoms with Gasteiger partial charge < -0.3 is 21.5 Å². The van der Waals surface area contributed by atoms with Crippen LogP contribution in [0.5, 0.6) is 5.75 Å². The van der Waals surface area contributed by atoms with Gasteiger partial charge in [-0.05, 0) is 68.0 Å². The molecule has 0 unspecified atom stereocenters. The standard InChI is InChI=1S/C23H29N3O3/c1-15-12-19(27)13-16(2)20(15)14-21(24)23(29)26-17(3)22(28)25-11-7-10-18-8-5-4-6-9-18/h4-9,11-13,17,21,27H,10,14,24H2,1-3H3,(H,25,28)(H,26,29)/t17-,21+/m1/s1. The van der Waals surface area contributed by atoms with Gasteiger partial charge in [0.05, 0.1) is 6.04 Å². The highest BCUT2D eigenvalue weighted by Gasteiger charge is 2.21. The number of phenolic OH excluding ortho intramolecular Hbond substituents is 1. The quantitative estimate of drug-likeness (QED) is 0.550. The summed E-state index contributed by atoms with van der Waals surface area (Å²) < 4.78 is 0. The number of nitrogens with two attached hydrogens (primary N) is 1. The lowest BCUT2D eigenvalue weighted by Crippen LogP contribution is -2.50. The maximum absolute atomic E-state index is 12.4. The van der Waals surface area contributed by atoms with Gasteiger partial charge >= 0.3 is 0 Å². The van der Waals surface area contributed by atoms with E-state index in [1.165, 1.54) is 0 Å². The zero-order chi connectivity index (χ0) is 21.4. The molecule has 0 bridgehead atoms. The van der Waals surface area contributed by atoms with Gasteiger partial charge in [-0.25, -0.2) is 0 Å². The van der Waals surface area contributed by atoms with Gasteiger partial charge in [0.15, 0.2) is 0 Å². The summed E-state index contributed by atoms with van der Waals surface area (Å²) in [7, 11) is 0. The zero-order valence-electron chi connectivity index (χ0n) is 17.1. The first-order valence-electron chi connectivity index (χ1n) is 9.62. The van der Waals surface area contributed by atoms with E-state index < -0.39 is 18.0 Å². The number of aromatic hydroxyl groups is 1. The second kappa shape index (κ2) is 10.4. The van der Waals surface area contributed by atoms with Gasteiger partial charge in [-0.2, -0.15) is 0 Å². The molecular formula is C23H29N3O3. The Morgan fingerprint density at radius 1 is 1.10 bits per heavy atom. The summed E-state index contributed by atoms with van der Waals surface area (Å²) in [6, 6.07) is 11.7. The van der Waals surface area contributed by atoms with Crippen molar-refractivity contribution in [2.75, 3.05) is 0 Å². The Labute approximate surface area is 171 Å². The number of allylic oxidation sites excluding steroid dienone is 1. The summed E-state index contributed by atoms with van der Waals surface area (Å²) in [4.78, 5) is 24.6. The summed E-state index contributed by atoms with van der Waals surface area (Å²) >= 11 is 0. The van der Waals surface area contributed by atoms with Gasteiger partial charge in [-0.15, -0.1) is 0 Å². The van der Waals surface area contributed by atoms with Crippen molar-refractivity contribution in [2.45, 2.75) is 45.7 Å². The van der Waals surface area contributed by atoms with Crippen molar-refractivity contribution in [3.8, 4) is 5.75 Å². The number of hydrogen-bond acceptors (Lipinski definition) is 4. The molecule has 29 heavy (non-hydrogen) atoms. The van der Waals surface area contributed by atoms with E-state index in [1.807, 2.05) is 50.3 Å². The Bertz CT molecular complexity index is 855. The fraction of sp³-hybridized carbons (Fsp3) is 0.304. The lowest BCUT2D eigenvalue weighted by Gasteiger charge is -2.18. The van der Waals surface area contributed by atoms with Crippen molar-refractivity contribution in [1.29, 1.82) is 0 Å². The van der Waals surface area contributed by atoms with Gasteiger partial charge in [-0.3, -0.25) is 9.59 Å². The van der Waals surface area contributed by atoms with Crippen LogP contribution in [0.2, 0.25) is 0 Å². The highest BCUT2D eigenvalue weighted by atomic mass is 16.3. The van der Waals surface area contributed by atoms with Crippen molar-refractivity contribution < 1.29 is 14.7 Å². The largest absolute Gasteiger partial charge is 0.508 e. The molecule has 0 spiro atoms. The maximum Gasteiger partial charge on any atom is 0.246 e. The van der Waals surface area contributed by atoms with Gasteiger partial charge in [0.2, 0.25) is 11.8 Å². The Morgan fingerprint density at radius 3 is 2.34 bits per heavy atom. The third-order valence-corrected chi connectivity index (χ3v) is 4.73. The number of nitrogens with one attached hydrogen (secondary N) is 2. The van der Waals surface area contributed by atoms with Crippen LogP contribution in [-0.4, -0.2) is 29.0 Å². The number of phenols is 1. The molecule has 0 saturated heterocycles. The molecule has 6 heteroatoms. The molecule has 2 rings (SSSR count). The third-order valence-electron chi connectivity index (χ3n) is 4.73. The monoisotopic (exact) mass is 395 g/mol. The number of rotatable bonds is 8. The van der Waals surface area contributed by atoms with Crippen LogP contribution in [0, 0.1) is 13.8 Å². The number of benzene rings is 2. The van der Waals surface area contributed by atoms with Crippen molar-refractivity contribution in [2.24, 2.45) is 5.73 Å². The summed E-state index contributed by atoms with van der Waals surface area (Å²) in [5.41, 5.74) is 9.86. The molecule has 2 atom stereocenters. The lowest BCUT2D eigenvalue weighted by atomic mass is 9.96. The minimum Gasteiger partial charge on any atom is -0.508 e. The van der Waals surface area contributed by atoms with Gasteiger partial charge in [0.1, 0.15) is 11.8 Å². The SMILES string of the molecule is Cc1cc(O)cc(C)c1C[C@H](N)C(=O)N[C@H](C)C(=O)NC=CCc1ccccc1. The fourth-order valence-electron chi connectivity index (χ4n) is 3.07. The van der Waals surface area contributed by atoms with Crippen molar-refractivity contribution >= 4 is 11.8 Å². The molecule has 0 fully saturated rings. The van der Waals surface area contributed by atoms with Crippen molar-refractivity contribution in [3.63, 3.8) is 0 Å². The molecule has 0 aromatic heterocycles. The highest BCUT2D eigenvalue weighted by Crippen LogP contribution is 2.21. The first-order chi connectivity index (χ1) is 13.8. The van der Waals surface area contributed by atoms with E-state index in [0.717, 1.165) is 22.3 Å². The minimum atomic E-state index is -0.791. The van der Waals surface area contributed by atoms with Crippen molar-refractivity contribution in [3.05, 3.63) is 77.0 Å². The molecule has 2 aromatic rings. The predicted octanol–water partition coefficient (Wildman–Crippen LogP) is 2.26. The van der Waals surface area contributed by atoms with Crippen LogP contribution in [-0.2, 0) is 22.4 Å². The Balaban J connectivity index is 1.83. The molecule has 2 aromatic carbocycles. The lowest BCUT2D eigenvalue weighted by molar-refractivity contribution is -0.128. The maximum atomic E-state index is 12.4. The van der Waals surface area contributed by atoms with E-state index in [-0.39, 0.29) is 11.7 Å². The van der Waals surface area contributed by atoms with Crippen LogP contribution in [0.25, 0.3) is 0 Å². The first-order valence-corrected chi connectivity index (χ1v) is 9.62. The summed E-state index contributed by atoms with van der Waals surface area (Å²) in [5, 5.41) is 15.0. The van der Waals surface area contributed by atoms with Crippen LogP contribution in [0.3, 0.4) is 0 Å². The second-order valence-electron chi connectivity index (χ2n) is 7.20. The number of aryl methyl sites for hydroxylation is 2. The second-order valence-corrected chi connectivity index (χ2v) is 7.20. The van der Waals surface area contributed by atoms with Crippen LogP contribution >= 0.6 is 0 Å². The molecule has 6 nitrogen and oxygen atoms in total. The van der Waals surface area contributed by atoms with E-state index >= 15 is 0 Å². The number of carbonyl (C=O) groups excluding carboxylic acids is 2. The summed E-state index contributed by atoms with van der Waals surface area (Å²) in [6.45, 7) is 5.34. The van der Waals surface area contributed by atoms with Gasteiger partial charge in [-0.1, -0.05) is 36.4 Å². The Morgan fingerprint density at radius 2 is 1.72 bits per heavy atom. The van der Waals surface area contributed by atoms with Crippen LogP contribution in [0.1, 0.15) is 29.2 Å². The average Bonchev–Trinajstić information content (AvgIpc) is 2.68. The molecule has 154 valence electrons. The van der Waals surface area contributed by atoms with E-state index in [1.54, 1.807) is 25.3 Å². The third kappa shape index (κ3) is 6.76. The molecule has 2 amide bonds. The van der Waals surface area contributed by atoms with Gasteiger partial charge in [0, 0.05) is 6.20 Å². The normalized spacial score (nSPS) is 13.1. The molecule has 0 radical (unpaired) electrons. The minimum absolute atomic E-state index is 0.187. The smallest absolute Gasteiger partial charge is 0.246 e. The number of carbonyl (C=O) groups is 2. The van der Waals surface area contributed by atoms with E-state index in [4.69, 9.17) is 5.73 Å².